The highest BCUT2D eigenvalue weighted by atomic mass is 32.1. The third kappa shape index (κ3) is 3.99. The first-order valence-corrected chi connectivity index (χ1v) is 8.47. The number of carbonyl (C=O) groups excluding carboxylic acids is 1. The number of urea groups is 1. The monoisotopic (exact) mass is 342 g/mol. The second-order valence-corrected chi connectivity index (χ2v) is 6.31. The fraction of sp³-hybridized carbons (Fsp3) is 0.235. The van der Waals surface area contributed by atoms with Crippen molar-refractivity contribution in [2.45, 2.75) is 26.4 Å². The van der Waals surface area contributed by atoms with E-state index in [0.29, 0.717) is 12.3 Å². The summed E-state index contributed by atoms with van der Waals surface area (Å²) in [6.45, 7) is 4.04. The summed E-state index contributed by atoms with van der Waals surface area (Å²) in [6.07, 6.45) is 0. The number of benzene rings is 1. The van der Waals surface area contributed by atoms with E-state index >= 15 is 0 Å². The van der Waals surface area contributed by atoms with Crippen LogP contribution >= 0.6 is 11.3 Å². The largest absolute Gasteiger partial charge is 0.359 e. The molecule has 0 saturated heterocycles. The molecule has 0 unspecified atom stereocenters. The van der Waals surface area contributed by atoms with Crippen LogP contribution in [0.4, 0.5) is 4.79 Å². The van der Waals surface area contributed by atoms with Gasteiger partial charge in [0.1, 0.15) is 5.01 Å². The summed E-state index contributed by atoms with van der Waals surface area (Å²) in [5.41, 5.74) is 2.77. The summed E-state index contributed by atoms with van der Waals surface area (Å²) in [5, 5.41) is 12.3. The maximum atomic E-state index is 12.0. The number of hydrogen-bond acceptors (Lipinski definition) is 5. The summed E-state index contributed by atoms with van der Waals surface area (Å²) in [4.78, 5) is 16.6. The van der Waals surface area contributed by atoms with Crippen LogP contribution in [0.2, 0.25) is 0 Å². The molecule has 0 aliphatic rings. The molecule has 1 atom stereocenters. The Kier molecular flexibility index (Phi) is 4.90. The van der Waals surface area contributed by atoms with Crippen LogP contribution in [0.5, 0.6) is 0 Å². The van der Waals surface area contributed by atoms with Crippen molar-refractivity contribution in [2.24, 2.45) is 0 Å². The SMILES string of the molecule is Cc1cc(CNC(=O)N[C@@H](C)c2nc(-c3ccccc3)cs2)on1. The predicted octanol–water partition coefficient (Wildman–Crippen LogP) is 3.67. The molecule has 0 bridgehead atoms. The van der Waals surface area contributed by atoms with Crippen LogP contribution in [0.1, 0.15) is 29.4 Å². The standard InChI is InChI=1S/C17H18N4O2S/c1-11-8-14(23-21-11)9-18-17(22)19-12(2)16-20-15(10-24-16)13-6-4-3-5-7-13/h3-8,10,12H,9H2,1-2H3,(H2,18,19,22)/t12-/m0/s1. The maximum Gasteiger partial charge on any atom is 0.315 e. The number of rotatable bonds is 5. The number of nitrogens with one attached hydrogen (secondary N) is 2. The number of aromatic nitrogens is 2. The van der Waals surface area contributed by atoms with E-state index in [1.54, 1.807) is 6.07 Å². The van der Waals surface area contributed by atoms with Crippen LogP contribution in [-0.2, 0) is 6.54 Å². The quantitative estimate of drug-likeness (QED) is 0.741. The lowest BCUT2D eigenvalue weighted by molar-refractivity contribution is 0.236. The van der Waals surface area contributed by atoms with Gasteiger partial charge in [0, 0.05) is 17.0 Å². The zero-order chi connectivity index (χ0) is 16.9. The third-order valence-electron chi connectivity index (χ3n) is 3.41. The fourth-order valence-electron chi connectivity index (χ4n) is 2.20. The fourth-order valence-corrected chi connectivity index (χ4v) is 3.04. The molecule has 3 aromatic rings. The minimum atomic E-state index is -0.270. The Balaban J connectivity index is 1.55. The molecule has 0 saturated carbocycles. The maximum absolute atomic E-state index is 12.0. The molecule has 7 heteroatoms. The Morgan fingerprint density at radius 2 is 2.12 bits per heavy atom. The first kappa shape index (κ1) is 16.2. The van der Waals surface area contributed by atoms with Gasteiger partial charge in [-0.05, 0) is 13.8 Å². The first-order chi connectivity index (χ1) is 11.6. The molecule has 2 amide bonds. The minimum absolute atomic E-state index is 0.177. The predicted molar refractivity (Wildman–Crippen MR) is 92.6 cm³/mol. The molecular weight excluding hydrogens is 324 g/mol. The average molecular weight is 342 g/mol. The molecule has 0 radical (unpaired) electrons. The minimum Gasteiger partial charge on any atom is -0.359 e. The molecule has 2 N–H and O–H groups in total. The Labute approximate surface area is 143 Å². The number of amides is 2. The van der Waals surface area contributed by atoms with Crippen molar-refractivity contribution in [1.82, 2.24) is 20.8 Å². The van der Waals surface area contributed by atoms with Gasteiger partial charge in [-0.3, -0.25) is 0 Å². The van der Waals surface area contributed by atoms with Crippen LogP contribution in [0.25, 0.3) is 11.3 Å². The normalized spacial score (nSPS) is 11.9. The van der Waals surface area contributed by atoms with Gasteiger partial charge in [0.25, 0.3) is 0 Å². The van der Waals surface area contributed by atoms with Gasteiger partial charge in [-0.15, -0.1) is 11.3 Å². The van der Waals surface area contributed by atoms with Crippen molar-refractivity contribution in [2.75, 3.05) is 0 Å². The van der Waals surface area contributed by atoms with Gasteiger partial charge in [-0.1, -0.05) is 35.5 Å². The summed E-state index contributed by atoms with van der Waals surface area (Å²) in [7, 11) is 0. The van der Waals surface area contributed by atoms with Gasteiger partial charge in [0.2, 0.25) is 0 Å². The highest BCUT2D eigenvalue weighted by molar-refractivity contribution is 7.10. The smallest absolute Gasteiger partial charge is 0.315 e. The Bertz CT molecular complexity index is 813. The van der Waals surface area contributed by atoms with Crippen molar-refractivity contribution >= 4 is 17.4 Å². The van der Waals surface area contributed by atoms with E-state index < -0.39 is 0 Å². The third-order valence-corrected chi connectivity index (χ3v) is 4.44. The van der Waals surface area contributed by atoms with Crippen LogP contribution in [0.3, 0.4) is 0 Å². The van der Waals surface area contributed by atoms with E-state index in [4.69, 9.17) is 4.52 Å². The Morgan fingerprint density at radius 3 is 2.83 bits per heavy atom. The lowest BCUT2D eigenvalue weighted by Crippen LogP contribution is -2.36. The summed E-state index contributed by atoms with van der Waals surface area (Å²) >= 11 is 1.53. The average Bonchev–Trinajstić information content (AvgIpc) is 3.23. The van der Waals surface area contributed by atoms with Gasteiger partial charge in [-0.25, -0.2) is 9.78 Å². The zero-order valence-corrected chi connectivity index (χ0v) is 14.3. The number of thiazole rings is 1. The summed E-state index contributed by atoms with van der Waals surface area (Å²) < 4.78 is 5.05. The van der Waals surface area contributed by atoms with Crippen molar-refractivity contribution in [3.63, 3.8) is 0 Å². The van der Waals surface area contributed by atoms with Crippen LogP contribution < -0.4 is 10.6 Å². The van der Waals surface area contributed by atoms with Gasteiger partial charge in [0.15, 0.2) is 5.76 Å². The van der Waals surface area contributed by atoms with E-state index in [1.165, 1.54) is 11.3 Å². The van der Waals surface area contributed by atoms with Crippen molar-refractivity contribution < 1.29 is 9.32 Å². The molecule has 24 heavy (non-hydrogen) atoms. The van der Waals surface area contributed by atoms with Gasteiger partial charge >= 0.3 is 6.03 Å². The number of nitrogens with zero attached hydrogens (tertiary/aromatic N) is 2. The van der Waals surface area contributed by atoms with Gasteiger partial charge < -0.3 is 15.2 Å². The molecule has 2 heterocycles. The van der Waals surface area contributed by atoms with Crippen molar-refractivity contribution in [3.05, 3.63) is 58.2 Å². The van der Waals surface area contributed by atoms with Crippen LogP contribution in [0.15, 0.2) is 46.3 Å². The van der Waals surface area contributed by atoms with E-state index in [1.807, 2.05) is 49.6 Å². The summed E-state index contributed by atoms with van der Waals surface area (Å²) in [5.74, 6) is 0.621. The molecule has 0 aliphatic carbocycles. The topological polar surface area (TPSA) is 80.0 Å². The van der Waals surface area contributed by atoms with E-state index in [2.05, 4.69) is 20.8 Å². The lowest BCUT2D eigenvalue weighted by atomic mass is 10.2. The van der Waals surface area contributed by atoms with E-state index in [-0.39, 0.29) is 12.1 Å². The molecule has 1 aromatic carbocycles. The second-order valence-electron chi connectivity index (χ2n) is 5.42. The molecule has 6 nitrogen and oxygen atoms in total. The van der Waals surface area contributed by atoms with Crippen LogP contribution in [-0.4, -0.2) is 16.2 Å². The van der Waals surface area contributed by atoms with Gasteiger partial charge in [0.05, 0.1) is 24.0 Å². The number of hydrogen-bond donors (Lipinski definition) is 2. The van der Waals surface area contributed by atoms with Crippen LogP contribution in [0, 0.1) is 6.92 Å². The number of carbonyl (C=O) groups is 1. The molecule has 0 spiro atoms. The van der Waals surface area contributed by atoms with Gasteiger partial charge in [-0.2, -0.15) is 0 Å². The molecule has 2 aromatic heterocycles. The zero-order valence-electron chi connectivity index (χ0n) is 13.4. The van der Waals surface area contributed by atoms with Crippen molar-refractivity contribution in [3.8, 4) is 11.3 Å². The molecule has 0 fully saturated rings. The molecular formula is C17H18N4O2S. The molecule has 0 aliphatic heterocycles. The summed E-state index contributed by atoms with van der Waals surface area (Å²) in [6, 6.07) is 11.3. The van der Waals surface area contributed by atoms with Crippen molar-refractivity contribution in [1.29, 1.82) is 0 Å². The lowest BCUT2D eigenvalue weighted by Gasteiger charge is -2.11. The van der Waals surface area contributed by atoms with E-state index in [9.17, 15) is 4.79 Å². The number of aryl methyl sites for hydroxylation is 1. The Morgan fingerprint density at radius 1 is 1.33 bits per heavy atom. The Hall–Kier alpha value is -2.67. The first-order valence-electron chi connectivity index (χ1n) is 7.59. The highest BCUT2D eigenvalue weighted by Gasteiger charge is 2.14. The molecule has 124 valence electrons. The molecule has 3 rings (SSSR count). The van der Waals surface area contributed by atoms with E-state index in [0.717, 1.165) is 22.0 Å². The highest BCUT2D eigenvalue weighted by Crippen LogP contribution is 2.25. The second kappa shape index (κ2) is 7.27.